The van der Waals surface area contributed by atoms with Crippen LogP contribution >= 0.6 is 0 Å². The van der Waals surface area contributed by atoms with Gasteiger partial charge in [-0.05, 0) is 26.2 Å². The van der Waals surface area contributed by atoms with Crippen LogP contribution in [0, 0.1) is 5.92 Å². The van der Waals surface area contributed by atoms with Gasteiger partial charge in [0.25, 0.3) is 0 Å². The molecule has 1 saturated carbocycles. The minimum atomic E-state index is -0.811. The van der Waals surface area contributed by atoms with Crippen LogP contribution in [0.1, 0.15) is 32.6 Å². The van der Waals surface area contributed by atoms with Crippen LogP contribution in [0.5, 0.6) is 0 Å². The molecule has 0 aliphatic heterocycles. The number of carboxylic acids is 1. The number of rotatable bonds is 5. The Morgan fingerprint density at radius 2 is 2.25 bits per heavy atom. The van der Waals surface area contributed by atoms with Gasteiger partial charge in [-0.3, -0.25) is 9.00 Å². The molecule has 0 aromatic carbocycles. The van der Waals surface area contributed by atoms with Gasteiger partial charge in [0.15, 0.2) is 0 Å². The SMILES string of the molecule is CC(CNC1CCCC(C(=O)O)C1)S(C)=O. The van der Waals surface area contributed by atoms with Gasteiger partial charge in [-0.2, -0.15) is 0 Å². The van der Waals surface area contributed by atoms with E-state index in [2.05, 4.69) is 5.32 Å². The van der Waals surface area contributed by atoms with Gasteiger partial charge in [-0.1, -0.05) is 6.42 Å². The van der Waals surface area contributed by atoms with E-state index in [-0.39, 0.29) is 17.2 Å². The summed E-state index contributed by atoms with van der Waals surface area (Å²) in [6.07, 6.45) is 5.21. The molecule has 4 nitrogen and oxygen atoms in total. The van der Waals surface area contributed by atoms with Crippen LogP contribution in [0.4, 0.5) is 0 Å². The first-order valence-corrected chi connectivity index (χ1v) is 7.41. The third kappa shape index (κ3) is 4.22. The maximum absolute atomic E-state index is 11.2. The van der Waals surface area contributed by atoms with Crippen molar-refractivity contribution in [1.29, 1.82) is 0 Å². The predicted octanol–water partition coefficient (Wildman–Crippen LogP) is 0.986. The Hall–Kier alpha value is -0.420. The fourth-order valence-electron chi connectivity index (χ4n) is 2.05. The number of aliphatic carboxylic acids is 1. The van der Waals surface area contributed by atoms with Crippen LogP contribution in [-0.4, -0.2) is 39.4 Å². The van der Waals surface area contributed by atoms with Crippen LogP contribution < -0.4 is 5.32 Å². The number of hydrogen-bond acceptors (Lipinski definition) is 3. The average Bonchev–Trinajstić information content (AvgIpc) is 2.26. The summed E-state index contributed by atoms with van der Waals surface area (Å²) in [5.41, 5.74) is 0. The van der Waals surface area contributed by atoms with Gasteiger partial charge in [0.05, 0.1) is 5.92 Å². The molecule has 0 radical (unpaired) electrons. The summed E-state index contributed by atoms with van der Waals surface area (Å²) in [5, 5.41) is 12.4. The second-order valence-corrected chi connectivity index (χ2v) is 6.42. The summed E-state index contributed by atoms with van der Waals surface area (Å²) in [5.74, 6) is -0.882. The first kappa shape index (κ1) is 13.6. The third-order valence-electron chi connectivity index (χ3n) is 3.28. The lowest BCUT2D eigenvalue weighted by Gasteiger charge is -2.28. The van der Waals surface area contributed by atoms with Crippen molar-refractivity contribution in [2.24, 2.45) is 5.92 Å². The molecule has 1 fully saturated rings. The van der Waals surface area contributed by atoms with E-state index in [1.165, 1.54) is 0 Å². The molecular formula is C11H21NO3S. The summed E-state index contributed by atoms with van der Waals surface area (Å²) < 4.78 is 11.2. The Labute approximate surface area is 99.3 Å². The summed E-state index contributed by atoms with van der Waals surface area (Å²) in [6, 6.07) is 0.279. The largest absolute Gasteiger partial charge is 0.481 e. The maximum atomic E-state index is 11.2. The van der Waals surface area contributed by atoms with E-state index >= 15 is 0 Å². The predicted molar refractivity (Wildman–Crippen MR) is 64.9 cm³/mol. The molecule has 16 heavy (non-hydrogen) atoms. The van der Waals surface area contributed by atoms with Gasteiger partial charge in [-0.15, -0.1) is 0 Å². The second kappa shape index (κ2) is 6.35. The Morgan fingerprint density at radius 1 is 1.56 bits per heavy atom. The molecule has 0 aromatic heterocycles. The van der Waals surface area contributed by atoms with Crippen LogP contribution in [0.2, 0.25) is 0 Å². The zero-order valence-corrected chi connectivity index (χ0v) is 10.8. The normalized spacial score (nSPS) is 29.6. The molecular weight excluding hydrogens is 226 g/mol. The molecule has 0 bridgehead atoms. The lowest BCUT2D eigenvalue weighted by atomic mass is 9.86. The molecule has 1 rings (SSSR count). The zero-order valence-electron chi connectivity index (χ0n) is 9.94. The van der Waals surface area contributed by atoms with E-state index in [9.17, 15) is 9.00 Å². The first-order valence-electron chi connectivity index (χ1n) is 5.79. The minimum Gasteiger partial charge on any atom is -0.481 e. The maximum Gasteiger partial charge on any atom is 0.306 e. The van der Waals surface area contributed by atoms with Crippen LogP contribution in [-0.2, 0) is 15.6 Å². The molecule has 0 saturated heterocycles. The Balaban J connectivity index is 2.32. The van der Waals surface area contributed by atoms with Gasteiger partial charge in [0, 0.05) is 34.9 Å². The molecule has 4 unspecified atom stereocenters. The van der Waals surface area contributed by atoms with Crippen molar-refractivity contribution in [2.45, 2.75) is 43.9 Å². The molecule has 0 spiro atoms. The molecule has 94 valence electrons. The van der Waals surface area contributed by atoms with Gasteiger partial charge in [0.1, 0.15) is 0 Å². The number of carboxylic acid groups (broad SMARTS) is 1. The molecule has 0 aromatic rings. The lowest BCUT2D eigenvalue weighted by Crippen LogP contribution is -2.40. The highest BCUT2D eigenvalue weighted by atomic mass is 32.2. The topological polar surface area (TPSA) is 66.4 Å². The van der Waals surface area contributed by atoms with Crippen LogP contribution in [0.25, 0.3) is 0 Å². The smallest absolute Gasteiger partial charge is 0.306 e. The van der Waals surface area contributed by atoms with Crippen molar-refractivity contribution in [1.82, 2.24) is 5.32 Å². The van der Waals surface area contributed by atoms with Crippen molar-refractivity contribution in [2.75, 3.05) is 12.8 Å². The van der Waals surface area contributed by atoms with Gasteiger partial charge >= 0.3 is 5.97 Å². The molecule has 5 heteroatoms. The van der Waals surface area contributed by atoms with Crippen molar-refractivity contribution in [3.63, 3.8) is 0 Å². The molecule has 1 aliphatic carbocycles. The molecule has 1 aliphatic rings. The van der Waals surface area contributed by atoms with Gasteiger partial charge in [-0.25, -0.2) is 0 Å². The molecule has 2 N–H and O–H groups in total. The number of hydrogen-bond donors (Lipinski definition) is 2. The van der Waals surface area contributed by atoms with Crippen LogP contribution in [0.3, 0.4) is 0 Å². The lowest BCUT2D eigenvalue weighted by molar-refractivity contribution is -0.143. The Kier molecular flexibility index (Phi) is 5.41. The van der Waals surface area contributed by atoms with Crippen molar-refractivity contribution < 1.29 is 14.1 Å². The number of nitrogens with one attached hydrogen (secondary N) is 1. The van der Waals surface area contributed by atoms with E-state index in [0.717, 1.165) is 19.3 Å². The van der Waals surface area contributed by atoms with Crippen LogP contribution in [0.15, 0.2) is 0 Å². The average molecular weight is 247 g/mol. The molecule has 4 atom stereocenters. The summed E-state index contributed by atoms with van der Waals surface area (Å²) in [6.45, 7) is 2.65. The van der Waals surface area contributed by atoms with Crippen molar-refractivity contribution in [3.8, 4) is 0 Å². The fourth-order valence-corrected chi connectivity index (χ4v) is 2.38. The van der Waals surface area contributed by atoms with Crippen molar-refractivity contribution in [3.05, 3.63) is 0 Å². The highest BCUT2D eigenvalue weighted by Gasteiger charge is 2.26. The summed E-state index contributed by atoms with van der Waals surface area (Å²) in [4.78, 5) is 10.9. The van der Waals surface area contributed by atoms with E-state index in [1.807, 2.05) is 6.92 Å². The van der Waals surface area contributed by atoms with Crippen molar-refractivity contribution >= 4 is 16.8 Å². The highest BCUT2D eigenvalue weighted by Crippen LogP contribution is 2.24. The van der Waals surface area contributed by atoms with Gasteiger partial charge < -0.3 is 10.4 Å². The molecule has 0 heterocycles. The first-order chi connectivity index (χ1) is 7.50. The fraction of sp³-hybridized carbons (Fsp3) is 0.909. The van der Waals surface area contributed by atoms with E-state index in [4.69, 9.17) is 5.11 Å². The monoisotopic (exact) mass is 247 g/mol. The van der Waals surface area contributed by atoms with E-state index in [1.54, 1.807) is 6.26 Å². The van der Waals surface area contributed by atoms with Gasteiger partial charge in [0.2, 0.25) is 0 Å². The standard InChI is InChI=1S/C11H21NO3S/c1-8(16(2)15)7-12-10-5-3-4-9(6-10)11(13)14/h8-10,12H,3-7H2,1-2H3,(H,13,14). The summed E-state index contributed by atoms with van der Waals surface area (Å²) in [7, 11) is -0.811. The second-order valence-electron chi connectivity index (χ2n) is 4.62. The van der Waals surface area contributed by atoms with E-state index < -0.39 is 16.8 Å². The number of carbonyl (C=O) groups is 1. The Bertz CT molecular complexity index is 270. The quantitative estimate of drug-likeness (QED) is 0.760. The minimum absolute atomic E-state index is 0.130. The zero-order chi connectivity index (χ0) is 12.1. The third-order valence-corrected chi connectivity index (χ3v) is 4.58. The van der Waals surface area contributed by atoms with E-state index in [0.29, 0.717) is 13.0 Å². The Morgan fingerprint density at radius 3 is 2.81 bits per heavy atom. The highest BCUT2D eigenvalue weighted by molar-refractivity contribution is 7.84. The molecule has 0 amide bonds. The summed E-state index contributed by atoms with van der Waals surface area (Å²) >= 11 is 0.